The van der Waals surface area contributed by atoms with Gasteiger partial charge in [-0.2, -0.15) is 0 Å². The smallest absolute Gasteiger partial charge is 0.257 e. The molecular weight excluding hydrogens is 208 g/mol. The third kappa shape index (κ3) is 2.23. The van der Waals surface area contributed by atoms with Crippen molar-refractivity contribution in [1.82, 2.24) is 10.1 Å². The molecule has 0 bridgehead atoms. The Balaban J connectivity index is 2.14. The number of aromatic nitrogens is 2. The fourth-order valence-electron chi connectivity index (χ4n) is 1.20. The van der Waals surface area contributed by atoms with Crippen molar-refractivity contribution in [1.29, 1.82) is 0 Å². The Hall–Kier alpha value is -2.21. The number of hydrogen-bond donors (Lipinski definition) is 2. The Morgan fingerprint density at radius 3 is 3.06 bits per heavy atom. The van der Waals surface area contributed by atoms with Crippen molar-refractivity contribution in [2.75, 3.05) is 5.32 Å². The van der Waals surface area contributed by atoms with Crippen molar-refractivity contribution in [3.63, 3.8) is 0 Å². The molecule has 2 aromatic rings. The summed E-state index contributed by atoms with van der Waals surface area (Å²) in [5.74, 6) is 0.0992. The van der Waals surface area contributed by atoms with Gasteiger partial charge in [0.2, 0.25) is 0 Å². The number of carbonyl (C=O) groups is 1. The lowest BCUT2D eigenvalue weighted by molar-refractivity contribution is 0.102. The molecule has 0 radical (unpaired) electrons. The highest BCUT2D eigenvalue weighted by atomic mass is 16.5. The Morgan fingerprint density at radius 1 is 1.50 bits per heavy atom. The summed E-state index contributed by atoms with van der Waals surface area (Å²) in [6.07, 6.45) is 2.92. The summed E-state index contributed by atoms with van der Waals surface area (Å²) in [7, 11) is 0. The lowest BCUT2D eigenvalue weighted by atomic mass is 10.2. The van der Waals surface area contributed by atoms with E-state index in [1.54, 1.807) is 24.4 Å². The third-order valence-electron chi connectivity index (χ3n) is 1.97. The molecule has 0 aliphatic heterocycles. The zero-order chi connectivity index (χ0) is 11.4. The minimum atomic E-state index is -0.272. The summed E-state index contributed by atoms with van der Waals surface area (Å²) in [5.41, 5.74) is 6.58. The van der Waals surface area contributed by atoms with Gasteiger partial charge in [0.25, 0.3) is 5.91 Å². The van der Waals surface area contributed by atoms with Crippen LogP contribution in [0, 0.1) is 0 Å². The number of anilines is 1. The minimum absolute atomic E-state index is 0.272. The summed E-state index contributed by atoms with van der Waals surface area (Å²) in [5, 5.41) is 6.15. The Labute approximate surface area is 91.5 Å². The zero-order valence-corrected chi connectivity index (χ0v) is 8.38. The number of carbonyl (C=O) groups excluding carboxylic acids is 1. The zero-order valence-electron chi connectivity index (χ0n) is 8.38. The van der Waals surface area contributed by atoms with E-state index in [2.05, 4.69) is 20.0 Å². The molecule has 16 heavy (non-hydrogen) atoms. The molecule has 2 aromatic heterocycles. The molecule has 0 saturated carbocycles. The van der Waals surface area contributed by atoms with Gasteiger partial charge in [-0.05, 0) is 12.1 Å². The van der Waals surface area contributed by atoms with Crippen molar-refractivity contribution in [3.05, 3.63) is 41.9 Å². The summed E-state index contributed by atoms with van der Waals surface area (Å²) in [6, 6.07) is 4.80. The predicted molar refractivity (Wildman–Crippen MR) is 56.6 cm³/mol. The summed E-state index contributed by atoms with van der Waals surface area (Å²) in [6.45, 7) is 0.297. The number of nitrogens with zero attached hydrogens (tertiary/aromatic N) is 2. The van der Waals surface area contributed by atoms with Crippen LogP contribution in [0.5, 0.6) is 0 Å². The summed E-state index contributed by atoms with van der Waals surface area (Å²) < 4.78 is 4.60. The second-order valence-electron chi connectivity index (χ2n) is 3.08. The molecule has 0 atom stereocenters. The molecule has 0 spiro atoms. The van der Waals surface area contributed by atoms with Crippen molar-refractivity contribution in [2.45, 2.75) is 6.54 Å². The molecule has 6 heteroatoms. The molecule has 2 rings (SSSR count). The summed E-state index contributed by atoms with van der Waals surface area (Å²) in [4.78, 5) is 15.7. The average molecular weight is 218 g/mol. The van der Waals surface area contributed by atoms with Gasteiger partial charge in [-0.25, -0.2) is 0 Å². The van der Waals surface area contributed by atoms with Gasteiger partial charge in [0, 0.05) is 24.4 Å². The molecule has 3 N–H and O–H groups in total. The monoisotopic (exact) mass is 218 g/mol. The van der Waals surface area contributed by atoms with Crippen molar-refractivity contribution < 1.29 is 9.32 Å². The van der Waals surface area contributed by atoms with Crippen LogP contribution in [0.2, 0.25) is 0 Å². The molecular formula is C10H10N4O2. The van der Waals surface area contributed by atoms with Crippen LogP contribution in [0.1, 0.15) is 16.1 Å². The highest BCUT2D eigenvalue weighted by Crippen LogP contribution is 2.06. The maximum absolute atomic E-state index is 11.7. The fourth-order valence-corrected chi connectivity index (χ4v) is 1.20. The molecule has 0 unspecified atom stereocenters. The number of nitrogens with two attached hydrogens (primary N) is 1. The van der Waals surface area contributed by atoms with Crippen LogP contribution < -0.4 is 11.1 Å². The van der Waals surface area contributed by atoms with Crippen LogP contribution in [-0.2, 0) is 6.54 Å². The number of hydrogen-bond acceptors (Lipinski definition) is 5. The lowest BCUT2D eigenvalue weighted by Gasteiger charge is -2.02. The van der Waals surface area contributed by atoms with Crippen molar-refractivity contribution in [3.8, 4) is 0 Å². The fraction of sp³-hybridized carbons (Fsp3) is 0.100. The van der Waals surface area contributed by atoms with Crippen molar-refractivity contribution in [2.24, 2.45) is 5.73 Å². The molecule has 0 aromatic carbocycles. The lowest BCUT2D eigenvalue weighted by Crippen LogP contribution is -2.13. The van der Waals surface area contributed by atoms with E-state index < -0.39 is 0 Å². The number of pyridine rings is 1. The molecule has 6 nitrogen and oxygen atoms in total. The summed E-state index contributed by atoms with van der Waals surface area (Å²) >= 11 is 0. The largest absolute Gasteiger partial charge is 0.363 e. The van der Waals surface area contributed by atoms with E-state index in [4.69, 9.17) is 5.73 Å². The van der Waals surface area contributed by atoms with Crippen LogP contribution in [0.3, 0.4) is 0 Å². The van der Waals surface area contributed by atoms with Gasteiger partial charge in [-0.15, -0.1) is 0 Å². The first-order valence-electron chi connectivity index (χ1n) is 4.66. The maximum Gasteiger partial charge on any atom is 0.257 e. The van der Waals surface area contributed by atoms with E-state index in [0.717, 1.165) is 0 Å². The predicted octanol–water partition coefficient (Wildman–Crippen LogP) is 0.781. The molecule has 2 heterocycles. The minimum Gasteiger partial charge on any atom is -0.363 e. The topological polar surface area (TPSA) is 94.0 Å². The van der Waals surface area contributed by atoms with Crippen LogP contribution in [0.15, 0.2) is 35.2 Å². The Bertz CT molecular complexity index is 481. The van der Waals surface area contributed by atoms with Gasteiger partial charge in [0.15, 0.2) is 5.82 Å². The van der Waals surface area contributed by atoms with E-state index in [9.17, 15) is 4.79 Å². The number of nitrogens with one attached hydrogen (secondary N) is 1. The highest BCUT2D eigenvalue weighted by molar-refractivity contribution is 6.03. The van der Waals surface area contributed by atoms with Gasteiger partial charge in [-0.3, -0.25) is 9.78 Å². The maximum atomic E-state index is 11.7. The molecule has 82 valence electrons. The molecule has 1 amide bonds. The van der Waals surface area contributed by atoms with E-state index in [-0.39, 0.29) is 5.91 Å². The van der Waals surface area contributed by atoms with Gasteiger partial charge in [-0.1, -0.05) is 5.16 Å². The highest BCUT2D eigenvalue weighted by Gasteiger charge is 2.08. The quantitative estimate of drug-likeness (QED) is 0.793. The second-order valence-corrected chi connectivity index (χ2v) is 3.08. The first kappa shape index (κ1) is 10.3. The van der Waals surface area contributed by atoms with Crippen LogP contribution in [-0.4, -0.2) is 16.0 Å². The molecule has 0 aliphatic carbocycles. The van der Waals surface area contributed by atoms with Crippen LogP contribution in [0.4, 0.5) is 5.82 Å². The Morgan fingerprint density at radius 2 is 2.38 bits per heavy atom. The van der Waals surface area contributed by atoms with E-state index >= 15 is 0 Å². The van der Waals surface area contributed by atoms with Gasteiger partial charge in [0.1, 0.15) is 6.26 Å². The normalized spacial score (nSPS) is 10.1. The van der Waals surface area contributed by atoms with E-state index in [0.29, 0.717) is 23.6 Å². The molecule has 0 fully saturated rings. The average Bonchev–Trinajstić information content (AvgIpc) is 2.82. The standard InChI is InChI=1S/C10H10N4O2/c11-6-8-5-7(1-3-12-8)10(15)13-9-2-4-16-14-9/h1-5H,6,11H2,(H,13,14,15). The molecule has 0 saturated heterocycles. The van der Waals surface area contributed by atoms with Gasteiger partial charge in [0.05, 0.1) is 5.69 Å². The number of amides is 1. The van der Waals surface area contributed by atoms with Crippen LogP contribution in [0.25, 0.3) is 0 Å². The van der Waals surface area contributed by atoms with E-state index in [1.807, 2.05) is 0 Å². The number of rotatable bonds is 3. The van der Waals surface area contributed by atoms with Crippen molar-refractivity contribution >= 4 is 11.7 Å². The first-order chi connectivity index (χ1) is 7.79. The van der Waals surface area contributed by atoms with Gasteiger partial charge >= 0.3 is 0 Å². The van der Waals surface area contributed by atoms with Gasteiger partial charge < -0.3 is 15.6 Å². The van der Waals surface area contributed by atoms with E-state index in [1.165, 1.54) is 6.26 Å². The first-order valence-corrected chi connectivity index (χ1v) is 4.66. The third-order valence-corrected chi connectivity index (χ3v) is 1.97. The second kappa shape index (κ2) is 4.54. The molecule has 0 aliphatic rings. The Kier molecular flexibility index (Phi) is 2.93. The SMILES string of the molecule is NCc1cc(C(=O)Nc2ccon2)ccn1. The van der Waals surface area contributed by atoms with Crippen LogP contribution >= 0.6 is 0 Å².